The summed E-state index contributed by atoms with van der Waals surface area (Å²) in [5.41, 5.74) is 0.632. The van der Waals surface area contributed by atoms with Crippen LogP contribution >= 0.6 is 22.7 Å². The van der Waals surface area contributed by atoms with Gasteiger partial charge in [0.05, 0.1) is 34.1 Å². The Balaban J connectivity index is 1.91. The molecule has 3 aromatic rings. The lowest BCUT2D eigenvalue weighted by molar-refractivity contribution is 0.0517. The van der Waals surface area contributed by atoms with E-state index in [2.05, 4.69) is 15.6 Å². The van der Waals surface area contributed by atoms with E-state index in [0.29, 0.717) is 20.9 Å². The summed E-state index contributed by atoms with van der Waals surface area (Å²) in [4.78, 5) is 80.1. The van der Waals surface area contributed by atoms with Gasteiger partial charge in [0.15, 0.2) is 11.6 Å². The Labute approximate surface area is 237 Å². The molecular weight excluding hydrogens is 558 g/mol. The van der Waals surface area contributed by atoms with E-state index < -0.39 is 23.8 Å². The second-order valence-corrected chi connectivity index (χ2v) is 10.4. The van der Waals surface area contributed by atoms with Crippen LogP contribution in [-0.4, -0.2) is 53.5 Å². The van der Waals surface area contributed by atoms with Crippen molar-refractivity contribution in [2.24, 2.45) is 0 Å². The van der Waals surface area contributed by atoms with E-state index >= 15 is 0 Å². The SMILES string of the molecule is CCOC(=O)c1c(NC(=O)c2cccc(C(=O)Nc3sc(C(C)=O)c(C)c3C(=O)OCC)n2)sc(C(C)=O)c1C. The molecule has 13 heteroatoms. The van der Waals surface area contributed by atoms with Crippen molar-refractivity contribution >= 4 is 68.0 Å². The van der Waals surface area contributed by atoms with Crippen molar-refractivity contribution in [3.05, 3.63) is 61.6 Å². The fourth-order valence-corrected chi connectivity index (χ4v) is 5.97. The minimum Gasteiger partial charge on any atom is -0.462 e. The monoisotopic (exact) mass is 585 g/mol. The molecule has 3 rings (SSSR count). The molecule has 2 N–H and O–H groups in total. The first-order valence-corrected chi connectivity index (χ1v) is 13.8. The Hall–Kier alpha value is -4.23. The number of Topliss-reactive ketones (excluding diaryl/α,β-unsaturated/α-hetero) is 2. The maximum Gasteiger partial charge on any atom is 0.341 e. The summed E-state index contributed by atoms with van der Waals surface area (Å²) in [6, 6.07) is 4.18. The smallest absolute Gasteiger partial charge is 0.341 e. The zero-order chi connectivity index (χ0) is 29.7. The Morgan fingerprint density at radius 1 is 0.725 bits per heavy atom. The zero-order valence-electron chi connectivity index (χ0n) is 22.7. The lowest BCUT2D eigenvalue weighted by Crippen LogP contribution is -2.20. The number of carbonyl (C=O) groups is 6. The maximum atomic E-state index is 13.1. The number of pyridine rings is 1. The van der Waals surface area contributed by atoms with Gasteiger partial charge < -0.3 is 20.1 Å². The summed E-state index contributed by atoms with van der Waals surface area (Å²) in [5.74, 6) is -3.37. The van der Waals surface area contributed by atoms with Crippen LogP contribution < -0.4 is 10.6 Å². The molecule has 0 fully saturated rings. The third-order valence-corrected chi connectivity index (χ3v) is 8.18. The number of ether oxygens (including phenoxy) is 2. The molecule has 0 unspecified atom stereocenters. The Morgan fingerprint density at radius 2 is 1.10 bits per heavy atom. The fraction of sp³-hybridized carbons (Fsp3) is 0.296. The average molecular weight is 586 g/mol. The van der Waals surface area contributed by atoms with Crippen LogP contribution in [-0.2, 0) is 9.47 Å². The molecule has 210 valence electrons. The summed E-state index contributed by atoms with van der Waals surface area (Å²) in [6.45, 7) is 9.36. The van der Waals surface area contributed by atoms with Crippen molar-refractivity contribution in [3.63, 3.8) is 0 Å². The number of anilines is 2. The van der Waals surface area contributed by atoms with Crippen molar-refractivity contribution in [1.29, 1.82) is 0 Å². The van der Waals surface area contributed by atoms with Gasteiger partial charge in [-0.15, -0.1) is 22.7 Å². The van der Waals surface area contributed by atoms with Crippen LogP contribution in [0.4, 0.5) is 10.0 Å². The number of esters is 2. The Kier molecular flexibility index (Phi) is 9.66. The molecule has 0 aromatic carbocycles. The fourth-order valence-electron chi connectivity index (χ4n) is 3.79. The number of hydrogen-bond donors (Lipinski definition) is 2. The molecule has 0 spiro atoms. The first-order valence-electron chi connectivity index (χ1n) is 12.1. The molecule has 0 aliphatic carbocycles. The van der Waals surface area contributed by atoms with Crippen LogP contribution in [0.5, 0.6) is 0 Å². The predicted molar refractivity (Wildman–Crippen MR) is 150 cm³/mol. The van der Waals surface area contributed by atoms with Crippen LogP contribution in [0, 0.1) is 13.8 Å². The van der Waals surface area contributed by atoms with E-state index in [1.807, 2.05) is 0 Å². The van der Waals surface area contributed by atoms with Crippen molar-refractivity contribution < 1.29 is 38.2 Å². The van der Waals surface area contributed by atoms with Crippen molar-refractivity contribution in [3.8, 4) is 0 Å². The van der Waals surface area contributed by atoms with Gasteiger partial charge >= 0.3 is 11.9 Å². The van der Waals surface area contributed by atoms with Gasteiger partial charge in [0.2, 0.25) is 0 Å². The quantitative estimate of drug-likeness (QED) is 0.244. The highest BCUT2D eigenvalue weighted by Crippen LogP contribution is 2.35. The second kappa shape index (κ2) is 12.7. The van der Waals surface area contributed by atoms with Gasteiger partial charge in [-0.25, -0.2) is 14.6 Å². The van der Waals surface area contributed by atoms with Crippen molar-refractivity contribution in [2.75, 3.05) is 23.8 Å². The van der Waals surface area contributed by atoms with Crippen LogP contribution in [0.25, 0.3) is 0 Å². The second-order valence-electron chi connectivity index (χ2n) is 8.39. The molecule has 40 heavy (non-hydrogen) atoms. The molecule has 11 nitrogen and oxygen atoms in total. The van der Waals surface area contributed by atoms with Crippen LogP contribution in [0.1, 0.15) is 99.9 Å². The van der Waals surface area contributed by atoms with E-state index in [0.717, 1.165) is 22.7 Å². The van der Waals surface area contributed by atoms with Gasteiger partial charge in [-0.3, -0.25) is 19.2 Å². The number of hydrogen-bond acceptors (Lipinski definition) is 11. The molecule has 3 heterocycles. The third-order valence-electron chi connectivity index (χ3n) is 5.56. The van der Waals surface area contributed by atoms with E-state index in [4.69, 9.17) is 9.47 Å². The lowest BCUT2D eigenvalue weighted by Gasteiger charge is -2.09. The number of rotatable bonds is 10. The Bertz CT molecular complexity index is 1430. The largest absolute Gasteiger partial charge is 0.462 e. The molecule has 0 aliphatic heterocycles. The number of carbonyl (C=O) groups excluding carboxylic acids is 6. The minimum absolute atomic E-state index is 0.0696. The topological polar surface area (TPSA) is 158 Å². The van der Waals surface area contributed by atoms with E-state index in [1.54, 1.807) is 27.7 Å². The maximum absolute atomic E-state index is 13.1. The highest BCUT2D eigenvalue weighted by Gasteiger charge is 2.28. The van der Waals surface area contributed by atoms with Crippen LogP contribution in [0.15, 0.2) is 18.2 Å². The van der Waals surface area contributed by atoms with Gasteiger partial charge in [0.25, 0.3) is 11.8 Å². The third kappa shape index (κ3) is 6.32. The molecule has 0 bridgehead atoms. The molecule has 0 radical (unpaired) electrons. The van der Waals surface area contributed by atoms with Crippen molar-refractivity contribution in [2.45, 2.75) is 41.5 Å². The molecule has 0 saturated carbocycles. The van der Waals surface area contributed by atoms with Crippen LogP contribution in [0.2, 0.25) is 0 Å². The highest BCUT2D eigenvalue weighted by atomic mass is 32.1. The summed E-state index contributed by atoms with van der Waals surface area (Å²) >= 11 is 1.88. The first-order chi connectivity index (χ1) is 18.9. The van der Waals surface area contributed by atoms with Gasteiger partial charge in [-0.05, 0) is 64.8 Å². The number of thiophene rings is 2. The summed E-state index contributed by atoms with van der Waals surface area (Å²) < 4.78 is 10.2. The van der Waals surface area contributed by atoms with Crippen molar-refractivity contribution in [1.82, 2.24) is 4.98 Å². The average Bonchev–Trinajstić information content (AvgIpc) is 3.40. The standard InChI is InChI=1S/C27H27N3O8S2/c1-7-37-26(35)18-12(3)20(14(5)31)39-24(18)29-22(33)16-10-9-11-17(28-16)23(34)30-25-19(27(36)38-8-2)13(4)21(40-25)15(6)32/h9-11H,7-8H2,1-6H3,(H,29,33)(H,30,34). The molecule has 0 atom stereocenters. The van der Waals surface area contributed by atoms with E-state index in [1.165, 1.54) is 32.0 Å². The zero-order valence-corrected chi connectivity index (χ0v) is 24.3. The van der Waals surface area contributed by atoms with E-state index in [-0.39, 0.29) is 57.3 Å². The number of aromatic nitrogens is 1. The summed E-state index contributed by atoms with van der Waals surface area (Å²) in [7, 11) is 0. The number of nitrogens with one attached hydrogen (secondary N) is 2. The molecule has 3 aromatic heterocycles. The predicted octanol–water partition coefficient (Wildman–Crippen LogP) is 5.08. The molecule has 0 saturated heterocycles. The summed E-state index contributed by atoms with van der Waals surface area (Å²) in [5, 5.41) is 5.43. The van der Waals surface area contributed by atoms with Crippen LogP contribution in [0.3, 0.4) is 0 Å². The molecule has 2 amide bonds. The first kappa shape index (κ1) is 30.3. The normalized spacial score (nSPS) is 10.6. The summed E-state index contributed by atoms with van der Waals surface area (Å²) in [6.07, 6.45) is 0. The number of amides is 2. The Morgan fingerprint density at radius 3 is 1.43 bits per heavy atom. The van der Waals surface area contributed by atoms with E-state index in [9.17, 15) is 28.8 Å². The van der Waals surface area contributed by atoms with Gasteiger partial charge in [0.1, 0.15) is 21.4 Å². The number of nitrogens with zero attached hydrogens (tertiary/aromatic N) is 1. The molecular formula is C27H27N3O8S2. The number of ketones is 2. The lowest BCUT2D eigenvalue weighted by atomic mass is 10.1. The highest BCUT2D eigenvalue weighted by molar-refractivity contribution is 7.19. The molecule has 0 aliphatic rings. The van der Waals surface area contributed by atoms with Gasteiger partial charge in [-0.2, -0.15) is 0 Å². The van der Waals surface area contributed by atoms with Gasteiger partial charge in [-0.1, -0.05) is 6.07 Å². The minimum atomic E-state index is -0.727. The van der Waals surface area contributed by atoms with Gasteiger partial charge in [0, 0.05) is 0 Å².